The lowest BCUT2D eigenvalue weighted by Crippen LogP contribution is -2.23. The number of rotatable bonds is 22. The third-order valence-electron chi connectivity index (χ3n) is 6.70. The van der Waals surface area contributed by atoms with E-state index in [0.29, 0.717) is 18.1 Å². The van der Waals surface area contributed by atoms with Gasteiger partial charge in [-0.1, -0.05) is 115 Å². The van der Waals surface area contributed by atoms with E-state index in [0.717, 1.165) is 12.8 Å². The molecule has 0 unspecified atom stereocenters. The van der Waals surface area contributed by atoms with Crippen LogP contribution in [0.5, 0.6) is 5.75 Å². The Hall–Kier alpha value is -2.54. The van der Waals surface area contributed by atoms with Crippen LogP contribution in [0.15, 0.2) is 34.7 Å². The highest BCUT2D eigenvalue weighted by Gasteiger charge is 2.13. The summed E-state index contributed by atoms with van der Waals surface area (Å²) in [7, 11) is 0. The third kappa shape index (κ3) is 13.3. The highest BCUT2D eigenvalue weighted by atomic mass is 35.5. The first-order valence-electron chi connectivity index (χ1n) is 14.4. The summed E-state index contributed by atoms with van der Waals surface area (Å²) >= 11 is 6.03. The lowest BCUT2D eigenvalue weighted by Gasteiger charge is -2.06. The number of nitro benzene ring substituents is 1. The molecule has 0 spiro atoms. The van der Waals surface area contributed by atoms with Gasteiger partial charge in [0.15, 0.2) is 5.76 Å². The molecule has 2 rings (SSSR count). The quantitative estimate of drug-likeness (QED) is 0.0897. The van der Waals surface area contributed by atoms with Crippen molar-refractivity contribution in [3.8, 4) is 5.75 Å². The van der Waals surface area contributed by atoms with Crippen LogP contribution < -0.4 is 10.1 Å². The normalized spacial score (nSPS) is 11.0. The summed E-state index contributed by atoms with van der Waals surface area (Å²) in [6.45, 7) is 2.96. The highest BCUT2D eigenvalue weighted by Crippen LogP contribution is 2.29. The summed E-state index contributed by atoms with van der Waals surface area (Å²) in [5, 5.41) is 13.8. The molecule has 38 heavy (non-hydrogen) atoms. The molecule has 0 aliphatic heterocycles. The van der Waals surface area contributed by atoms with E-state index >= 15 is 0 Å². The monoisotopic (exact) mass is 548 g/mol. The minimum atomic E-state index is -0.521. The number of furan rings is 1. The van der Waals surface area contributed by atoms with Gasteiger partial charge in [0, 0.05) is 18.7 Å². The number of benzene rings is 1. The zero-order chi connectivity index (χ0) is 27.4. The van der Waals surface area contributed by atoms with Crippen molar-refractivity contribution >= 4 is 23.2 Å². The van der Waals surface area contributed by atoms with Gasteiger partial charge in [0.1, 0.15) is 18.1 Å². The van der Waals surface area contributed by atoms with Crippen molar-refractivity contribution in [1.29, 1.82) is 0 Å². The maximum atomic E-state index is 12.3. The molecule has 212 valence electrons. The number of halogens is 1. The van der Waals surface area contributed by atoms with Gasteiger partial charge in [0.05, 0.1) is 9.95 Å². The number of non-ortho nitro benzene ring substituents is 1. The molecule has 0 atom stereocenters. The molecule has 0 radical (unpaired) electrons. The fraction of sp³-hybridized carbons (Fsp3) is 0.633. The van der Waals surface area contributed by atoms with E-state index in [1.165, 1.54) is 108 Å². The predicted molar refractivity (Wildman–Crippen MR) is 153 cm³/mol. The van der Waals surface area contributed by atoms with Gasteiger partial charge < -0.3 is 14.5 Å². The summed E-state index contributed by atoms with van der Waals surface area (Å²) in [4.78, 5) is 22.6. The molecule has 1 heterocycles. The first-order chi connectivity index (χ1) is 18.5. The molecule has 2 aromatic rings. The average Bonchev–Trinajstić information content (AvgIpc) is 3.39. The molecular weight excluding hydrogens is 504 g/mol. The molecule has 8 heteroatoms. The van der Waals surface area contributed by atoms with Crippen molar-refractivity contribution in [1.82, 2.24) is 5.32 Å². The van der Waals surface area contributed by atoms with E-state index in [4.69, 9.17) is 20.8 Å². The number of unbranched alkanes of at least 4 members (excludes halogenated alkanes) is 15. The van der Waals surface area contributed by atoms with Crippen LogP contribution in [0.1, 0.15) is 126 Å². The Kier molecular flexibility index (Phi) is 16.3. The number of ether oxygens (including phenoxy) is 1. The topological polar surface area (TPSA) is 94.6 Å². The molecular formula is C30H45ClN2O5. The van der Waals surface area contributed by atoms with Crippen LogP contribution >= 0.6 is 11.6 Å². The Morgan fingerprint density at radius 1 is 0.868 bits per heavy atom. The second-order valence-electron chi connectivity index (χ2n) is 9.99. The lowest BCUT2D eigenvalue weighted by atomic mass is 10.0. The van der Waals surface area contributed by atoms with Gasteiger partial charge in [0.25, 0.3) is 11.6 Å². The van der Waals surface area contributed by atoms with Crippen LogP contribution in [0.25, 0.3) is 0 Å². The molecule has 1 N–H and O–H groups in total. The number of nitro groups is 1. The summed E-state index contributed by atoms with van der Waals surface area (Å²) in [6.07, 6.45) is 21.1. The molecule has 0 aliphatic rings. The van der Waals surface area contributed by atoms with Gasteiger partial charge in [-0.2, -0.15) is 0 Å². The standard InChI is InChI=1S/C30H45ClN2O5/c1-2-3-4-5-6-7-8-9-10-11-12-13-14-15-16-17-22-32-30(34)29-21-19-26(38-29)24-37-28-20-18-25(33(35)36)23-27(28)31/h18-21,23H,2-17,22,24H2,1H3,(H,32,34). The molecule has 1 amide bonds. The Bertz CT molecular complexity index is 946. The average molecular weight is 549 g/mol. The van der Waals surface area contributed by atoms with Gasteiger partial charge >= 0.3 is 0 Å². The second-order valence-corrected chi connectivity index (χ2v) is 10.4. The minimum absolute atomic E-state index is 0.0595. The van der Waals surface area contributed by atoms with Crippen molar-refractivity contribution in [3.63, 3.8) is 0 Å². The fourth-order valence-electron chi connectivity index (χ4n) is 4.41. The van der Waals surface area contributed by atoms with E-state index in [-0.39, 0.29) is 29.0 Å². The number of nitrogens with zero attached hydrogens (tertiary/aromatic N) is 1. The third-order valence-corrected chi connectivity index (χ3v) is 6.99. The molecule has 0 aliphatic carbocycles. The van der Waals surface area contributed by atoms with Gasteiger partial charge in [-0.3, -0.25) is 14.9 Å². The van der Waals surface area contributed by atoms with E-state index in [9.17, 15) is 14.9 Å². The van der Waals surface area contributed by atoms with Gasteiger partial charge in [-0.25, -0.2) is 0 Å². The summed E-state index contributed by atoms with van der Waals surface area (Å²) in [6, 6.07) is 7.27. The fourth-order valence-corrected chi connectivity index (χ4v) is 4.64. The van der Waals surface area contributed by atoms with Crippen LogP contribution in [0.4, 0.5) is 5.69 Å². The smallest absolute Gasteiger partial charge is 0.286 e. The van der Waals surface area contributed by atoms with Crippen molar-refractivity contribution < 1.29 is 18.9 Å². The molecule has 0 saturated heterocycles. The van der Waals surface area contributed by atoms with E-state index in [2.05, 4.69) is 12.2 Å². The van der Waals surface area contributed by atoms with E-state index in [1.54, 1.807) is 12.1 Å². The molecule has 1 aromatic carbocycles. The zero-order valence-corrected chi connectivity index (χ0v) is 23.7. The van der Waals surface area contributed by atoms with E-state index < -0.39 is 4.92 Å². The maximum absolute atomic E-state index is 12.3. The Morgan fingerprint density at radius 2 is 1.42 bits per heavy atom. The number of nitrogens with one attached hydrogen (secondary N) is 1. The maximum Gasteiger partial charge on any atom is 0.286 e. The molecule has 1 aromatic heterocycles. The zero-order valence-electron chi connectivity index (χ0n) is 23.0. The molecule has 0 bridgehead atoms. The van der Waals surface area contributed by atoms with Crippen molar-refractivity contribution in [2.24, 2.45) is 0 Å². The molecule has 0 fully saturated rings. The second kappa shape index (κ2) is 19.5. The number of carbonyl (C=O) groups is 1. The van der Waals surface area contributed by atoms with Crippen LogP contribution in [0.2, 0.25) is 5.02 Å². The largest absolute Gasteiger partial charge is 0.484 e. The summed E-state index contributed by atoms with van der Waals surface area (Å²) in [5.74, 6) is 0.760. The Labute approximate surface area is 232 Å². The van der Waals surface area contributed by atoms with Crippen LogP contribution in [-0.4, -0.2) is 17.4 Å². The number of carbonyl (C=O) groups excluding carboxylic acids is 1. The lowest BCUT2D eigenvalue weighted by molar-refractivity contribution is -0.384. The van der Waals surface area contributed by atoms with Crippen molar-refractivity contribution in [3.05, 3.63) is 57.0 Å². The Balaban J connectivity index is 1.45. The van der Waals surface area contributed by atoms with Gasteiger partial charge in [-0.05, 0) is 24.6 Å². The number of amides is 1. The van der Waals surface area contributed by atoms with Crippen LogP contribution in [0, 0.1) is 10.1 Å². The van der Waals surface area contributed by atoms with Gasteiger partial charge in [0.2, 0.25) is 0 Å². The first kappa shape index (κ1) is 31.7. The van der Waals surface area contributed by atoms with Gasteiger partial charge in [-0.15, -0.1) is 0 Å². The Morgan fingerprint density at radius 3 is 1.95 bits per heavy atom. The first-order valence-corrected chi connectivity index (χ1v) is 14.8. The minimum Gasteiger partial charge on any atom is -0.484 e. The van der Waals surface area contributed by atoms with Crippen molar-refractivity contribution in [2.75, 3.05) is 6.54 Å². The van der Waals surface area contributed by atoms with E-state index in [1.807, 2.05) is 0 Å². The molecule has 0 saturated carbocycles. The highest BCUT2D eigenvalue weighted by molar-refractivity contribution is 6.32. The van der Waals surface area contributed by atoms with Crippen molar-refractivity contribution in [2.45, 2.75) is 116 Å². The molecule has 7 nitrogen and oxygen atoms in total. The predicted octanol–water partition coefficient (Wildman–Crippen LogP) is 9.41. The van der Waals surface area contributed by atoms with Crippen LogP contribution in [0.3, 0.4) is 0 Å². The SMILES string of the molecule is CCCCCCCCCCCCCCCCCCNC(=O)c1ccc(COc2ccc([N+](=O)[O-])cc2Cl)o1. The number of hydrogen-bond acceptors (Lipinski definition) is 5. The number of hydrogen-bond donors (Lipinski definition) is 1. The summed E-state index contributed by atoms with van der Waals surface area (Å²) < 4.78 is 11.1. The summed E-state index contributed by atoms with van der Waals surface area (Å²) in [5.41, 5.74) is -0.108. The van der Waals surface area contributed by atoms with Crippen LogP contribution in [-0.2, 0) is 6.61 Å².